The second kappa shape index (κ2) is 20.2. The SMILES string of the molecule is CCCCCCCCCCCCCCCCC(CC)C(=O)NN(CC)CC. The number of nitrogens with zero attached hydrogens (tertiary/aromatic N) is 1. The van der Waals surface area contributed by atoms with Gasteiger partial charge in [0.25, 0.3) is 0 Å². The molecule has 0 fully saturated rings. The highest BCUT2D eigenvalue weighted by Gasteiger charge is 2.17. The number of nitrogens with one attached hydrogen (secondary N) is 1. The van der Waals surface area contributed by atoms with E-state index in [9.17, 15) is 4.79 Å². The third-order valence-electron chi connectivity index (χ3n) is 5.80. The quantitative estimate of drug-likeness (QED) is 0.177. The molecule has 0 spiro atoms. The summed E-state index contributed by atoms with van der Waals surface area (Å²) < 4.78 is 0. The van der Waals surface area contributed by atoms with E-state index in [1.165, 1.54) is 89.9 Å². The molecule has 162 valence electrons. The smallest absolute Gasteiger partial charge is 0.237 e. The summed E-state index contributed by atoms with van der Waals surface area (Å²) >= 11 is 0. The van der Waals surface area contributed by atoms with Crippen LogP contribution in [-0.4, -0.2) is 24.0 Å². The van der Waals surface area contributed by atoms with Crippen LogP contribution in [-0.2, 0) is 4.79 Å². The molecular formula is C24H50N2O. The van der Waals surface area contributed by atoms with Crippen molar-refractivity contribution in [2.45, 2.75) is 130 Å². The lowest BCUT2D eigenvalue weighted by molar-refractivity contribution is -0.130. The van der Waals surface area contributed by atoms with Crippen molar-refractivity contribution in [1.82, 2.24) is 10.4 Å². The Morgan fingerprint density at radius 1 is 0.667 bits per heavy atom. The fourth-order valence-corrected chi connectivity index (χ4v) is 3.73. The van der Waals surface area contributed by atoms with E-state index in [4.69, 9.17) is 0 Å². The summed E-state index contributed by atoms with van der Waals surface area (Å²) in [7, 11) is 0. The summed E-state index contributed by atoms with van der Waals surface area (Å²) in [5.41, 5.74) is 3.06. The van der Waals surface area contributed by atoms with Crippen molar-refractivity contribution in [1.29, 1.82) is 0 Å². The van der Waals surface area contributed by atoms with Gasteiger partial charge in [-0.2, -0.15) is 0 Å². The minimum absolute atomic E-state index is 0.183. The third kappa shape index (κ3) is 16.1. The van der Waals surface area contributed by atoms with Crippen LogP contribution in [0.25, 0.3) is 0 Å². The number of unbranched alkanes of at least 4 members (excludes halogenated alkanes) is 13. The predicted octanol–water partition coefficient (Wildman–Crippen LogP) is 7.26. The molecule has 3 nitrogen and oxygen atoms in total. The van der Waals surface area contributed by atoms with Gasteiger partial charge in [0.05, 0.1) is 0 Å². The molecule has 0 aromatic rings. The first kappa shape index (κ1) is 26.4. The largest absolute Gasteiger partial charge is 0.289 e. The van der Waals surface area contributed by atoms with E-state index in [2.05, 4.69) is 33.1 Å². The number of hydrogen-bond acceptors (Lipinski definition) is 2. The van der Waals surface area contributed by atoms with Crippen molar-refractivity contribution < 1.29 is 4.79 Å². The van der Waals surface area contributed by atoms with E-state index in [-0.39, 0.29) is 11.8 Å². The maximum absolute atomic E-state index is 12.3. The highest BCUT2D eigenvalue weighted by Crippen LogP contribution is 2.17. The molecule has 0 aliphatic carbocycles. The first-order valence-electron chi connectivity index (χ1n) is 12.2. The van der Waals surface area contributed by atoms with Crippen LogP contribution in [0.3, 0.4) is 0 Å². The van der Waals surface area contributed by atoms with Crippen molar-refractivity contribution in [3.63, 3.8) is 0 Å². The highest BCUT2D eigenvalue weighted by molar-refractivity contribution is 5.78. The fraction of sp³-hybridized carbons (Fsp3) is 0.958. The molecule has 27 heavy (non-hydrogen) atoms. The van der Waals surface area contributed by atoms with E-state index in [0.29, 0.717) is 0 Å². The lowest BCUT2D eigenvalue weighted by Crippen LogP contribution is -2.44. The molecule has 0 aromatic carbocycles. The lowest BCUT2D eigenvalue weighted by Gasteiger charge is -2.23. The van der Waals surface area contributed by atoms with Gasteiger partial charge in [-0.25, -0.2) is 5.01 Å². The topological polar surface area (TPSA) is 32.3 Å². The fourth-order valence-electron chi connectivity index (χ4n) is 3.73. The number of rotatable bonds is 20. The van der Waals surface area contributed by atoms with Crippen LogP contribution in [0.5, 0.6) is 0 Å². The molecule has 1 atom stereocenters. The maximum Gasteiger partial charge on any atom is 0.237 e. The van der Waals surface area contributed by atoms with Gasteiger partial charge in [0, 0.05) is 19.0 Å². The molecule has 1 unspecified atom stereocenters. The zero-order chi connectivity index (χ0) is 20.2. The Morgan fingerprint density at radius 2 is 1.07 bits per heavy atom. The van der Waals surface area contributed by atoms with E-state index < -0.39 is 0 Å². The molecule has 3 heteroatoms. The Hall–Kier alpha value is -0.570. The van der Waals surface area contributed by atoms with Crippen LogP contribution in [0.4, 0.5) is 0 Å². The average molecular weight is 383 g/mol. The summed E-state index contributed by atoms with van der Waals surface area (Å²) in [6.07, 6.45) is 21.4. The van der Waals surface area contributed by atoms with Crippen molar-refractivity contribution >= 4 is 5.91 Å². The lowest BCUT2D eigenvalue weighted by atomic mass is 9.97. The Kier molecular flexibility index (Phi) is 19.7. The average Bonchev–Trinajstić information content (AvgIpc) is 2.69. The summed E-state index contributed by atoms with van der Waals surface area (Å²) in [4.78, 5) is 12.3. The van der Waals surface area contributed by atoms with Gasteiger partial charge in [-0.05, 0) is 12.8 Å². The van der Waals surface area contributed by atoms with Crippen LogP contribution < -0.4 is 5.43 Å². The highest BCUT2D eigenvalue weighted by atomic mass is 16.2. The standard InChI is InChI=1S/C24H50N2O/c1-5-9-10-11-12-13-14-15-16-17-18-19-20-21-22-23(6-2)24(27)25-26(7-3)8-4/h23H,5-22H2,1-4H3,(H,25,27). The number of carbonyl (C=O) groups is 1. The van der Waals surface area contributed by atoms with Crippen molar-refractivity contribution in [2.24, 2.45) is 5.92 Å². The van der Waals surface area contributed by atoms with Crippen LogP contribution >= 0.6 is 0 Å². The van der Waals surface area contributed by atoms with Gasteiger partial charge < -0.3 is 0 Å². The van der Waals surface area contributed by atoms with Crippen LogP contribution in [0.15, 0.2) is 0 Å². The Bertz CT molecular complexity index is 316. The predicted molar refractivity (Wildman–Crippen MR) is 120 cm³/mol. The van der Waals surface area contributed by atoms with Crippen LogP contribution in [0.1, 0.15) is 130 Å². The van der Waals surface area contributed by atoms with E-state index >= 15 is 0 Å². The molecule has 0 radical (unpaired) electrons. The number of amides is 1. The normalized spacial score (nSPS) is 12.5. The molecule has 1 N–H and O–H groups in total. The van der Waals surface area contributed by atoms with E-state index in [0.717, 1.165) is 25.9 Å². The molecule has 0 heterocycles. The molecule has 0 saturated heterocycles. The van der Waals surface area contributed by atoms with Crippen molar-refractivity contribution in [3.05, 3.63) is 0 Å². The second-order valence-corrected chi connectivity index (χ2v) is 8.14. The van der Waals surface area contributed by atoms with Gasteiger partial charge in [-0.3, -0.25) is 10.2 Å². The Labute approximate surface area is 171 Å². The number of hydrogen-bond donors (Lipinski definition) is 1. The van der Waals surface area contributed by atoms with E-state index in [1.807, 2.05) is 5.01 Å². The molecule has 0 rings (SSSR count). The van der Waals surface area contributed by atoms with Gasteiger partial charge in [0.2, 0.25) is 5.91 Å². The Balaban J connectivity index is 3.47. The summed E-state index contributed by atoms with van der Waals surface area (Å²) in [6, 6.07) is 0. The molecule has 1 amide bonds. The van der Waals surface area contributed by atoms with Crippen molar-refractivity contribution in [2.75, 3.05) is 13.1 Å². The molecule has 0 aromatic heterocycles. The maximum atomic E-state index is 12.3. The monoisotopic (exact) mass is 382 g/mol. The van der Waals surface area contributed by atoms with E-state index in [1.54, 1.807) is 0 Å². The van der Waals surface area contributed by atoms with Gasteiger partial charge in [0.1, 0.15) is 0 Å². The number of carbonyl (C=O) groups excluding carboxylic acids is 1. The summed E-state index contributed by atoms with van der Waals surface area (Å²) in [5, 5.41) is 2.00. The van der Waals surface area contributed by atoms with Crippen molar-refractivity contribution in [3.8, 4) is 0 Å². The molecule has 0 aliphatic heterocycles. The van der Waals surface area contributed by atoms with Gasteiger partial charge in [-0.1, -0.05) is 118 Å². The molecular weight excluding hydrogens is 332 g/mol. The second-order valence-electron chi connectivity index (χ2n) is 8.14. The first-order valence-corrected chi connectivity index (χ1v) is 12.2. The molecule has 0 aliphatic rings. The van der Waals surface area contributed by atoms with Gasteiger partial charge in [0.15, 0.2) is 0 Å². The zero-order valence-electron chi connectivity index (χ0n) is 19.2. The first-order chi connectivity index (χ1) is 13.2. The van der Waals surface area contributed by atoms with Crippen LogP contribution in [0.2, 0.25) is 0 Å². The minimum Gasteiger partial charge on any atom is -0.289 e. The molecule has 0 saturated carbocycles. The van der Waals surface area contributed by atoms with Gasteiger partial charge in [-0.15, -0.1) is 0 Å². The summed E-state index contributed by atoms with van der Waals surface area (Å²) in [6.45, 7) is 10.3. The number of hydrazine groups is 1. The summed E-state index contributed by atoms with van der Waals surface area (Å²) in [5.74, 6) is 0.402. The zero-order valence-corrected chi connectivity index (χ0v) is 19.2. The van der Waals surface area contributed by atoms with Crippen LogP contribution in [0, 0.1) is 5.92 Å². The van der Waals surface area contributed by atoms with Gasteiger partial charge >= 0.3 is 0 Å². The molecule has 0 bridgehead atoms. The minimum atomic E-state index is 0.183. The third-order valence-corrected chi connectivity index (χ3v) is 5.80. The Morgan fingerprint density at radius 3 is 1.44 bits per heavy atom.